The van der Waals surface area contributed by atoms with Crippen molar-refractivity contribution in [2.24, 2.45) is 7.05 Å². The van der Waals surface area contributed by atoms with Gasteiger partial charge in [-0.1, -0.05) is 0 Å². The van der Waals surface area contributed by atoms with Crippen LogP contribution in [-0.4, -0.2) is 40.2 Å². The predicted molar refractivity (Wildman–Crippen MR) is 95.2 cm³/mol. The van der Waals surface area contributed by atoms with E-state index < -0.39 is 23.0 Å². The number of carbonyl (C=O) groups excluding carboxylic acids is 1. The van der Waals surface area contributed by atoms with E-state index in [0.717, 1.165) is 12.3 Å². The zero-order valence-corrected chi connectivity index (χ0v) is 15.9. The summed E-state index contributed by atoms with van der Waals surface area (Å²) in [5.41, 5.74) is -0.294. The number of halogens is 3. The lowest BCUT2D eigenvalue weighted by atomic mass is 10.1. The van der Waals surface area contributed by atoms with E-state index in [2.05, 4.69) is 15.0 Å². The fraction of sp³-hybridized carbons (Fsp3) is 0.412. The van der Waals surface area contributed by atoms with Crippen molar-refractivity contribution in [2.45, 2.75) is 37.5 Å². The summed E-state index contributed by atoms with van der Waals surface area (Å²) >= 11 is -1.42. The Kier molecular flexibility index (Phi) is 4.46. The Morgan fingerprint density at radius 1 is 1.29 bits per heavy atom. The lowest BCUT2D eigenvalue weighted by Crippen LogP contribution is -2.21. The molecule has 0 aromatic carbocycles. The number of aryl methyl sites for hydroxylation is 1. The minimum atomic E-state index is -4.58. The first-order valence-electron chi connectivity index (χ1n) is 8.64. The number of aromatic nitrogens is 5. The molecule has 0 spiro atoms. The first-order chi connectivity index (χ1) is 13.2. The van der Waals surface area contributed by atoms with E-state index in [1.54, 1.807) is 23.1 Å². The smallest absolute Gasteiger partial charge is 0.433 e. The minimum absolute atomic E-state index is 0.102. The molecule has 1 atom stereocenters. The summed E-state index contributed by atoms with van der Waals surface area (Å²) in [6.45, 7) is 2.26. The predicted octanol–water partition coefficient (Wildman–Crippen LogP) is 2.95. The van der Waals surface area contributed by atoms with Gasteiger partial charge in [0.05, 0.1) is 17.2 Å². The molecule has 1 aliphatic heterocycles. The van der Waals surface area contributed by atoms with Crippen LogP contribution in [0.2, 0.25) is 0 Å². The Balaban J connectivity index is 1.95. The van der Waals surface area contributed by atoms with Crippen LogP contribution in [0, 0.1) is 0 Å². The van der Waals surface area contributed by atoms with Gasteiger partial charge in [0.1, 0.15) is 11.4 Å². The highest BCUT2D eigenvalue weighted by molar-refractivity contribution is 7.91. The third-order valence-corrected chi connectivity index (χ3v) is 6.07. The molecule has 0 bridgehead atoms. The number of pyridine rings is 1. The second kappa shape index (κ2) is 6.59. The Labute approximate surface area is 160 Å². The first-order valence-corrected chi connectivity index (χ1v) is 9.96. The van der Waals surface area contributed by atoms with Crippen LogP contribution < -0.4 is 0 Å². The molecule has 3 aromatic heterocycles. The van der Waals surface area contributed by atoms with Gasteiger partial charge in [0.25, 0.3) is 5.03 Å². The Morgan fingerprint density at radius 2 is 2.04 bits per heavy atom. The molecule has 28 heavy (non-hydrogen) atoms. The highest BCUT2D eigenvalue weighted by Crippen LogP contribution is 2.34. The molecule has 7 nitrogen and oxygen atoms in total. The summed E-state index contributed by atoms with van der Waals surface area (Å²) in [5, 5.41) is 0.382. The molecule has 0 fully saturated rings. The number of hydrogen-bond acceptors (Lipinski definition) is 5. The van der Waals surface area contributed by atoms with Crippen molar-refractivity contribution in [1.82, 2.24) is 24.1 Å². The normalized spacial score (nSPS) is 15.9. The van der Waals surface area contributed by atoms with Crippen molar-refractivity contribution in [2.75, 3.05) is 5.75 Å². The van der Waals surface area contributed by atoms with Crippen molar-refractivity contribution in [1.29, 1.82) is 0 Å². The maximum absolute atomic E-state index is 13.0. The summed E-state index contributed by atoms with van der Waals surface area (Å²) in [5.74, 6) is 0.643. The van der Waals surface area contributed by atoms with E-state index in [1.165, 1.54) is 0 Å². The molecule has 11 heteroatoms. The Hall–Kier alpha value is -2.40. The zero-order chi connectivity index (χ0) is 20.2. The maximum atomic E-state index is 13.0. The van der Waals surface area contributed by atoms with Crippen LogP contribution in [-0.2, 0) is 30.9 Å². The third-order valence-electron chi connectivity index (χ3n) is 4.70. The van der Waals surface area contributed by atoms with Crippen molar-refractivity contribution in [3.63, 3.8) is 0 Å². The van der Waals surface area contributed by atoms with Gasteiger partial charge in [-0.15, -0.1) is 0 Å². The second-order valence-corrected chi connectivity index (χ2v) is 8.11. The number of carbonyl (C=O) groups is 1. The van der Waals surface area contributed by atoms with Gasteiger partial charge >= 0.3 is 6.18 Å². The largest absolute Gasteiger partial charge is 0.610 e. The van der Waals surface area contributed by atoms with Crippen molar-refractivity contribution < 1.29 is 22.5 Å². The quantitative estimate of drug-likeness (QED) is 0.619. The number of rotatable bonds is 3. The number of Topliss-reactive ketones (excluding diaryl/α,β-unsaturated/α-hetero) is 1. The molecule has 0 saturated heterocycles. The van der Waals surface area contributed by atoms with Gasteiger partial charge in [0, 0.05) is 31.2 Å². The molecule has 1 aliphatic rings. The Morgan fingerprint density at radius 3 is 2.71 bits per heavy atom. The van der Waals surface area contributed by atoms with Crippen LogP contribution in [0.1, 0.15) is 36.1 Å². The topological polar surface area (TPSA) is 88.7 Å². The monoisotopic (exact) mass is 411 g/mol. The van der Waals surface area contributed by atoms with Gasteiger partial charge in [0.2, 0.25) is 0 Å². The van der Waals surface area contributed by atoms with E-state index in [-0.39, 0.29) is 28.6 Å². The molecular formula is C17H16F3N5O2S. The number of imidazole rings is 2. The second-order valence-electron chi connectivity index (χ2n) is 6.45. The molecule has 148 valence electrons. The standard InChI is InChI=1S/C17H16F3N5O2S/c1-3-28(27)16-13(23-14-11(26)5-4-6-25(14)16)15-22-9-7-12(17(18,19)20)21-8-10(9)24(15)2/h7-8H,3-6H2,1-2H3. The molecular weight excluding hydrogens is 395 g/mol. The van der Waals surface area contributed by atoms with Gasteiger partial charge in [-0.3, -0.25) is 9.36 Å². The molecule has 4 heterocycles. The van der Waals surface area contributed by atoms with E-state index in [4.69, 9.17) is 0 Å². The van der Waals surface area contributed by atoms with Crippen LogP contribution in [0.4, 0.5) is 13.2 Å². The number of hydrogen-bond donors (Lipinski definition) is 0. The lowest BCUT2D eigenvalue weighted by Gasteiger charge is -2.16. The first kappa shape index (κ1) is 18.9. The molecule has 0 saturated carbocycles. The lowest BCUT2D eigenvalue weighted by molar-refractivity contribution is -0.141. The van der Waals surface area contributed by atoms with E-state index in [0.29, 0.717) is 35.7 Å². The number of fused-ring (bicyclic) bond motifs is 2. The van der Waals surface area contributed by atoms with E-state index in [1.807, 2.05) is 0 Å². The summed E-state index contributed by atoms with van der Waals surface area (Å²) in [4.78, 5) is 24.4. The van der Waals surface area contributed by atoms with E-state index >= 15 is 0 Å². The minimum Gasteiger partial charge on any atom is -0.610 e. The van der Waals surface area contributed by atoms with E-state index in [9.17, 15) is 22.5 Å². The highest BCUT2D eigenvalue weighted by atomic mass is 32.2. The molecule has 0 N–H and O–H groups in total. The average Bonchev–Trinajstić information content (AvgIpc) is 3.19. The average molecular weight is 411 g/mol. The summed E-state index contributed by atoms with van der Waals surface area (Å²) in [6.07, 6.45) is -2.50. The van der Waals surface area contributed by atoms with Crippen LogP contribution in [0.5, 0.6) is 0 Å². The SMILES string of the molecule is CC[S+]([O-])c1c(-c2nc3cc(C(F)(F)F)ncc3n2C)nc2n1CCCC2=O. The fourth-order valence-corrected chi connectivity index (χ4v) is 4.39. The summed E-state index contributed by atoms with van der Waals surface area (Å²) < 4.78 is 54.8. The van der Waals surface area contributed by atoms with Crippen molar-refractivity contribution in [3.8, 4) is 11.5 Å². The van der Waals surface area contributed by atoms with Crippen LogP contribution in [0.3, 0.4) is 0 Å². The maximum Gasteiger partial charge on any atom is 0.433 e. The van der Waals surface area contributed by atoms with Crippen LogP contribution in [0.25, 0.3) is 22.6 Å². The van der Waals surface area contributed by atoms with Crippen molar-refractivity contribution >= 4 is 28.0 Å². The molecule has 0 aliphatic carbocycles. The highest BCUT2D eigenvalue weighted by Gasteiger charge is 2.35. The summed E-state index contributed by atoms with van der Waals surface area (Å²) in [7, 11) is 1.62. The van der Waals surface area contributed by atoms with Gasteiger partial charge < -0.3 is 9.12 Å². The Bertz CT molecular complexity index is 1090. The summed E-state index contributed by atoms with van der Waals surface area (Å²) in [6, 6.07) is 0.871. The van der Waals surface area contributed by atoms with Crippen molar-refractivity contribution in [3.05, 3.63) is 23.8 Å². The molecule has 0 radical (unpaired) electrons. The number of ketones is 1. The fourth-order valence-electron chi connectivity index (χ4n) is 3.34. The molecule has 1 unspecified atom stereocenters. The molecule has 3 aromatic rings. The number of alkyl halides is 3. The van der Waals surface area contributed by atoms with Gasteiger partial charge in [-0.2, -0.15) is 13.2 Å². The molecule has 4 rings (SSSR count). The van der Waals surface area contributed by atoms with Crippen LogP contribution >= 0.6 is 0 Å². The van der Waals surface area contributed by atoms with Crippen LogP contribution in [0.15, 0.2) is 17.3 Å². The van der Waals surface area contributed by atoms with Gasteiger partial charge in [0.15, 0.2) is 23.1 Å². The van der Waals surface area contributed by atoms with Gasteiger partial charge in [-0.05, 0) is 19.4 Å². The molecule has 0 amide bonds. The number of nitrogens with zero attached hydrogens (tertiary/aromatic N) is 5. The zero-order valence-electron chi connectivity index (χ0n) is 15.1. The third kappa shape index (κ3) is 2.89. The van der Waals surface area contributed by atoms with Gasteiger partial charge in [-0.25, -0.2) is 15.0 Å².